The van der Waals surface area contributed by atoms with E-state index in [0.29, 0.717) is 39.6 Å². The molecule has 0 aliphatic heterocycles. The average molecular weight is 494 g/mol. The molecule has 0 N–H and O–H groups in total. The SMILES string of the molecule is C=CCc1cc(/C=c2\sc3nc4ccccc4n3c2=O)cc(OCC)c1OCc1ccccc1C#N. The molecule has 6 nitrogen and oxygen atoms in total. The molecule has 0 unspecified atom stereocenters. The maximum Gasteiger partial charge on any atom is 0.274 e. The van der Waals surface area contributed by atoms with Crippen LogP contribution in [0.1, 0.15) is 29.2 Å². The lowest BCUT2D eigenvalue weighted by atomic mass is 10.0. The zero-order valence-electron chi connectivity index (χ0n) is 19.7. The average Bonchev–Trinajstić information content (AvgIpc) is 3.40. The molecule has 0 bridgehead atoms. The van der Waals surface area contributed by atoms with Crippen LogP contribution in [0.3, 0.4) is 0 Å². The lowest BCUT2D eigenvalue weighted by Gasteiger charge is -2.17. The fraction of sp³-hybridized carbons (Fsp3) is 0.138. The normalized spacial score (nSPS) is 11.6. The third-order valence-corrected chi connectivity index (χ3v) is 6.74. The summed E-state index contributed by atoms with van der Waals surface area (Å²) in [6.07, 6.45) is 4.22. The molecule has 0 aliphatic carbocycles. The summed E-state index contributed by atoms with van der Waals surface area (Å²) in [6.45, 7) is 6.48. The summed E-state index contributed by atoms with van der Waals surface area (Å²) in [5.74, 6) is 1.19. The van der Waals surface area contributed by atoms with Crippen LogP contribution in [-0.2, 0) is 13.0 Å². The van der Waals surface area contributed by atoms with Crippen LogP contribution in [0.4, 0.5) is 0 Å². The molecule has 0 amide bonds. The summed E-state index contributed by atoms with van der Waals surface area (Å²) in [6, 6.07) is 21.0. The molecule has 0 radical (unpaired) electrons. The van der Waals surface area contributed by atoms with Gasteiger partial charge >= 0.3 is 0 Å². The van der Waals surface area contributed by atoms with Crippen molar-refractivity contribution < 1.29 is 9.47 Å². The van der Waals surface area contributed by atoms with Gasteiger partial charge in [-0.1, -0.05) is 47.7 Å². The van der Waals surface area contributed by atoms with Gasteiger partial charge < -0.3 is 9.47 Å². The van der Waals surface area contributed by atoms with E-state index in [9.17, 15) is 10.1 Å². The Balaban J connectivity index is 1.58. The van der Waals surface area contributed by atoms with Crippen LogP contribution in [0, 0.1) is 11.3 Å². The Bertz CT molecular complexity index is 1740. The van der Waals surface area contributed by atoms with E-state index in [1.165, 1.54) is 11.3 Å². The summed E-state index contributed by atoms with van der Waals surface area (Å²) >= 11 is 1.36. The van der Waals surface area contributed by atoms with Crippen molar-refractivity contribution >= 4 is 33.4 Å². The number of nitriles is 1. The van der Waals surface area contributed by atoms with Crippen LogP contribution < -0.4 is 19.6 Å². The Morgan fingerprint density at radius 3 is 2.72 bits per heavy atom. The molecule has 178 valence electrons. The highest BCUT2D eigenvalue weighted by Crippen LogP contribution is 2.35. The number of imidazole rings is 1. The maximum absolute atomic E-state index is 13.2. The number of nitrogens with zero attached hydrogens (tertiary/aromatic N) is 3. The van der Waals surface area contributed by atoms with Crippen LogP contribution in [0.5, 0.6) is 11.5 Å². The summed E-state index contributed by atoms with van der Waals surface area (Å²) in [4.78, 5) is 18.5. The number of benzene rings is 3. The molecular weight excluding hydrogens is 470 g/mol. The van der Waals surface area contributed by atoms with E-state index in [4.69, 9.17) is 9.47 Å². The monoisotopic (exact) mass is 493 g/mol. The van der Waals surface area contributed by atoms with Crippen LogP contribution in [0.2, 0.25) is 0 Å². The first kappa shape index (κ1) is 23.3. The fourth-order valence-corrected chi connectivity index (χ4v) is 5.16. The van der Waals surface area contributed by atoms with E-state index in [1.807, 2.05) is 67.6 Å². The number of para-hydroxylation sites is 2. The molecule has 36 heavy (non-hydrogen) atoms. The number of rotatable bonds is 8. The number of hydrogen-bond donors (Lipinski definition) is 0. The Morgan fingerprint density at radius 2 is 1.92 bits per heavy atom. The summed E-state index contributed by atoms with van der Waals surface area (Å²) in [7, 11) is 0. The van der Waals surface area contributed by atoms with Crippen molar-refractivity contribution in [2.75, 3.05) is 6.61 Å². The van der Waals surface area contributed by atoms with Gasteiger partial charge in [0.1, 0.15) is 6.61 Å². The third kappa shape index (κ3) is 4.35. The van der Waals surface area contributed by atoms with E-state index in [2.05, 4.69) is 17.6 Å². The molecule has 0 atom stereocenters. The van der Waals surface area contributed by atoms with Crippen LogP contribution >= 0.6 is 11.3 Å². The first-order valence-corrected chi connectivity index (χ1v) is 12.4. The van der Waals surface area contributed by atoms with Gasteiger partial charge in [-0.3, -0.25) is 4.79 Å². The molecule has 2 heterocycles. The van der Waals surface area contributed by atoms with E-state index in [0.717, 1.165) is 27.7 Å². The van der Waals surface area contributed by atoms with E-state index >= 15 is 0 Å². The standard InChI is InChI=1S/C29H23N3O3S/c1-3-9-20-14-19(16-26-28(33)32-24-13-8-7-12-23(24)31-29(32)36-26)15-25(34-4-2)27(20)35-18-22-11-6-5-10-21(22)17-30/h3,5-8,10-16H,1,4,9,18H2,2H3/b26-16-. The molecule has 0 saturated carbocycles. The van der Waals surface area contributed by atoms with Gasteiger partial charge in [0.2, 0.25) is 0 Å². The lowest BCUT2D eigenvalue weighted by molar-refractivity contribution is 0.267. The Labute approximate surface area is 212 Å². The van der Waals surface area contributed by atoms with Gasteiger partial charge in [0.15, 0.2) is 16.5 Å². The second-order valence-corrected chi connectivity index (χ2v) is 9.13. The Kier molecular flexibility index (Phi) is 6.52. The Hall–Kier alpha value is -4.41. The minimum atomic E-state index is -0.0969. The van der Waals surface area contributed by atoms with Gasteiger partial charge in [-0.2, -0.15) is 5.26 Å². The van der Waals surface area contributed by atoms with Crippen molar-refractivity contribution in [3.63, 3.8) is 0 Å². The minimum absolute atomic E-state index is 0.0969. The topological polar surface area (TPSA) is 76.6 Å². The van der Waals surface area contributed by atoms with E-state index < -0.39 is 0 Å². The highest BCUT2D eigenvalue weighted by Gasteiger charge is 2.15. The number of hydrogen-bond acceptors (Lipinski definition) is 6. The summed E-state index contributed by atoms with van der Waals surface area (Å²) in [5.41, 5.74) is 4.59. The van der Waals surface area contributed by atoms with Crippen LogP contribution in [0.25, 0.3) is 22.1 Å². The Morgan fingerprint density at radius 1 is 1.11 bits per heavy atom. The smallest absolute Gasteiger partial charge is 0.274 e. The molecular formula is C29H23N3O3S. The van der Waals surface area contributed by atoms with Crippen molar-refractivity contribution in [3.05, 3.63) is 110 Å². The fourth-order valence-electron chi connectivity index (χ4n) is 4.17. The van der Waals surface area contributed by atoms with Gasteiger partial charge in [0.05, 0.1) is 33.8 Å². The number of allylic oxidation sites excluding steroid dienone is 1. The lowest BCUT2D eigenvalue weighted by Crippen LogP contribution is -2.22. The molecule has 3 aromatic carbocycles. The van der Waals surface area contributed by atoms with Crippen molar-refractivity contribution in [2.24, 2.45) is 0 Å². The van der Waals surface area contributed by atoms with Gasteiger partial charge in [0, 0.05) is 11.1 Å². The minimum Gasteiger partial charge on any atom is -0.490 e. The van der Waals surface area contributed by atoms with Crippen molar-refractivity contribution in [2.45, 2.75) is 20.0 Å². The zero-order chi connectivity index (χ0) is 25.1. The number of ether oxygens (including phenoxy) is 2. The number of thiazole rings is 1. The van der Waals surface area contributed by atoms with E-state index in [1.54, 1.807) is 16.5 Å². The molecule has 0 aliphatic rings. The predicted molar refractivity (Wildman–Crippen MR) is 143 cm³/mol. The van der Waals surface area contributed by atoms with Gasteiger partial charge in [-0.25, -0.2) is 9.38 Å². The molecule has 7 heteroatoms. The number of fused-ring (bicyclic) bond motifs is 3. The molecule has 0 spiro atoms. The molecule has 0 fully saturated rings. The predicted octanol–water partition coefficient (Wildman–Crippen LogP) is 5.03. The zero-order valence-corrected chi connectivity index (χ0v) is 20.5. The highest BCUT2D eigenvalue weighted by molar-refractivity contribution is 7.15. The van der Waals surface area contributed by atoms with Crippen LogP contribution in [-0.4, -0.2) is 16.0 Å². The summed E-state index contributed by atoms with van der Waals surface area (Å²) in [5, 5.41) is 9.41. The van der Waals surface area contributed by atoms with Crippen molar-refractivity contribution in [1.29, 1.82) is 5.26 Å². The largest absolute Gasteiger partial charge is 0.490 e. The molecule has 2 aromatic heterocycles. The van der Waals surface area contributed by atoms with Gasteiger partial charge in [-0.15, -0.1) is 6.58 Å². The highest BCUT2D eigenvalue weighted by atomic mass is 32.1. The second kappa shape index (κ2) is 10.1. The van der Waals surface area contributed by atoms with Crippen molar-refractivity contribution in [3.8, 4) is 17.6 Å². The van der Waals surface area contributed by atoms with Crippen molar-refractivity contribution in [1.82, 2.24) is 9.38 Å². The molecule has 5 rings (SSSR count). The first-order chi connectivity index (χ1) is 17.6. The van der Waals surface area contributed by atoms with Gasteiger partial charge in [-0.05, 0) is 55.3 Å². The quantitative estimate of drug-likeness (QED) is 0.283. The maximum atomic E-state index is 13.2. The second-order valence-electron chi connectivity index (χ2n) is 8.13. The van der Waals surface area contributed by atoms with Crippen LogP contribution in [0.15, 0.2) is 78.1 Å². The number of aromatic nitrogens is 2. The summed E-state index contributed by atoms with van der Waals surface area (Å²) < 4.78 is 14.4. The van der Waals surface area contributed by atoms with Gasteiger partial charge in [0.25, 0.3) is 5.56 Å². The molecule has 5 aromatic rings. The molecule has 0 saturated heterocycles. The third-order valence-electron chi connectivity index (χ3n) is 5.77. The van der Waals surface area contributed by atoms with E-state index in [-0.39, 0.29) is 12.2 Å². The first-order valence-electron chi connectivity index (χ1n) is 11.6.